The van der Waals surface area contributed by atoms with Gasteiger partial charge in [0, 0.05) is 44.8 Å². The summed E-state index contributed by atoms with van der Waals surface area (Å²) in [5, 5.41) is 4.29. The number of thioether (sulfide) groups is 1. The third-order valence-corrected chi connectivity index (χ3v) is 5.39. The van der Waals surface area contributed by atoms with Crippen LogP contribution in [-0.4, -0.2) is 66.8 Å². The second-order valence-electron chi connectivity index (χ2n) is 6.16. The van der Waals surface area contributed by atoms with Crippen LogP contribution in [0.3, 0.4) is 0 Å². The highest BCUT2D eigenvalue weighted by atomic mass is 32.2. The second kappa shape index (κ2) is 10.1. The van der Waals surface area contributed by atoms with Crippen molar-refractivity contribution in [3.05, 3.63) is 29.3 Å². The molecule has 134 valence electrons. The van der Waals surface area contributed by atoms with E-state index in [0.717, 1.165) is 56.6 Å². The van der Waals surface area contributed by atoms with Crippen molar-refractivity contribution >= 4 is 29.1 Å². The van der Waals surface area contributed by atoms with Crippen LogP contribution in [0.1, 0.15) is 17.5 Å². The molecular formula is C18H29N3OS2. The van der Waals surface area contributed by atoms with Crippen molar-refractivity contribution in [2.24, 2.45) is 0 Å². The fraction of sp³-hybridized carbons (Fsp3) is 0.611. The van der Waals surface area contributed by atoms with E-state index in [9.17, 15) is 0 Å². The van der Waals surface area contributed by atoms with Gasteiger partial charge in [0.05, 0.1) is 7.11 Å². The monoisotopic (exact) mass is 367 g/mol. The standard InChI is InChI=1S/C18H29N3OS2/c1-15-5-6-17(22-2)16(13-15)14-20-8-10-21(11-9-20)18(23)19-7-4-12-24-3/h5-6,13H,4,7-12,14H2,1-3H3,(H,19,23). The molecule has 1 saturated heterocycles. The van der Waals surface area contributed by atoms with Gasteiger partial charge in [-0.05, 0) is 43.6 Å². The summed E-state index contributed by atoms with van der Waals surface area (Å²) in [5.74, 6) is 2.16. The van der Waals surface area contributed by atoms with Gasteiger partial charge in [-0.25, -0.2) is 0 Å². The lowest BCUT2D eigenvalue weighted by Crippen LogP contribution is -2.51. The van der Waals surface area contributed by atoms with Gasteiger partial charge in [-0.1, -0.05) is 17.7 Å². The summed E-state index contributed by atoms with van der Waals surface area (Å²) in [6, 6.07) is 6.39. The van der Waals surface area contributed by atoms with Crippen LogP contribution in [-0.2, 0) is 6.54 Å². The van der Waals surface area contributed by atoms with Gasteiger partial charge < -0.3 is 15.0 Å². The molecule has 0 bridgehead atoms. The van der Waals surface area contributed by atoms with Gasteiger partial charge in [0.15, 0.2) is 5.11 Å². The van der Waals surface area contributed by atoms with Crippen molar-refractivity contribution in [1.82, 2.24) is 15.1 Å². The minimum atomic E-state index is 0.906. The number of aryl methyl sites for hydroxylation is 1. The molecule has 1 aromatic carbocycles. The van der Waals surface area contributed by atoms with Crippen LogP contribution in [0.4, 0.5) is 0 Å². The molecule has 0 spiro atoms. The number of benzene rings is 1. The maximum Gasteiger partial charge on any atom is 0.169 e. The van der Waals surface area contributed by atoms with Crippen molar-refractivity contribution in [1.29, 1.82) is 0 Å². The highest BCUT2D eigenvalue weighted by molar-refractivity contribution is 7.98. The third kappa shape index (κ3) is 5.83. The Morgan fingerprint density at radius 3 is 2.71 bits per heavy atom. The number of hydrogen-bond donors (Lipinski definition) is 1. The summed E-state index contributed by atoms with van der Waals surface area (Å²) < 4.78 is 5.50. The van der Waals surface area contributed by atoms with Crippen molar-refractivity contribution in [2.75, 3.05) is 51.8 Å². The molecule has 0 saturated carbocycles. The number of hydrogen-bond acceptors (Lipinski definition) is 4. The van der Waals surface area contributed by atoms with Gasteiger partial charge in [0.2, 0.25) is 0 Å². The van der Waals surface area contributed by atoms with Crippen LogP contribution in [0.2, 0.25) is 0 Å². The minimum absolute atomic E-state index is 0.906. The zero-order chi connectivity index (χ0) is 17.4. The number of ether oxygens (including phenoxy) is 1. The number of nitrogens with one attached hydrogen (secondary N) is 1. The average Bonchev–Trinajstić information content (AvgIpc) is 2.59. The van der Waals surface area contributed by atoms with E-state index in [1.54, 1.807) is 7.11 Å². The molecular weight excluding hydrogens is 338 g/mol. The smallest absolute Gasteiger partial charge is 0.169 e. The van der Waals surface area contributed by atoms with Crippen LogP contribution in [0, 0.1) is 6.92 Å². The lowest BCUT2D eigenvalue weighted by Gasteiger charge is -2.36. The topological polar surface area (TPSA) is 27.7 Å². The maximum absolute atomic E-state index is 5.52. The number of methoxy groups -OCH3 is 1. The van der Waals surface area contributed by atoms with E-state index in [1.807, 2.05) is 11.8 Å². The predicted octanol–water partition coefficient (Wildman–Crippen LogP) is 2.75. The normalized spacial score (nSPS) is 15.4. The summed E-state index contributed by atoms with van der Waals surface area (Å²) in [4.78, 5) is 4.77. The molecule has 1 fully saturated rings. The van der Waals surface area contributed by atoms with Crippen molar-refractivity contribution in [3.8, 4) is 5.75 Å². The molecule has 1 N–H and O–H groups in total. The Kier molecular flexibility index (Phi) is 8.15. The molecule has 1 aromatic rings. The van der Waals surface area contributed by atoms with Crippen molar-refractivity contribution in [3.63, 3.8) is 0 Å². The summed E-state index contributed by atoms with van der Waals surface area (Å²) in [5.41, 5.74) is 2.55. The van der Waals surface area contributed by atoms with Gasteiger partial charge in [-0.3, -0.25) is 4.90 Å². The first-order valence-corrected chi connectivity index (χ1v) is 10.3. The van der Waals surface area contributed by atoms with Crippen molar-refractivity contribution < 1.29 is 4.74 Å². The van der Waals surface area contributed by atoms with E-state index >= 15 is 0 Å². The Morgan fingerprint density at radius 1 is 1.29 bits per heavy atom. The largest absolute Gasteiger partial charge is 0.496 e. The highest BCUT2D eigenvalue weighted by Crippen LogP contribution is 2.22. The fourth-order valence-electron chi connectivity index (χ4n) is 2.90. The molecule has 0 aromatic heterocycles. The zero-order valence-corrected chi connectivity index (χ0v) is 16.6. The molecule has 6 heteroatoms. The molecule has 1 heterocycles. The van der Waals surface area contributed by atoms with Crippen LogP contribution >= 0.6 is 24.0 Å². The Bertz CT molecular complexity index is 531. The first kappa shape index (κ1) is 19.3. The number of piperazine rings is 1. The number of thiocarbonyl (C=S) groups is 1. The van der Waals surface area contributed by atoms with Crippen LogP contribution in [0.25, 0.3) is 0 Å². The predicted molar refractivity (Wildman–Crippen MR) is 108 cm³/mol. The van der Waals surface area contributed by atoms with E-state index < -0.39 is 0 Å². The van der Waals surface area contributed by atoms with Gasteiger partial charge in [0.25, 0.3) is 0 Å². The number of nitrogens with zero attached hydrogens (tertiary/aromatic N) is 2. The fourth-order valence-corrected chi connectivity index (χ4v) is 3.62. The van der Waals surface area contributed by atoms with Gasteiger partial charge in [0.1, 0.15) is 5.75 Å². The lowest BCUT2D eigenvalue weighted by atomic mass is 10.1. The molecule has 1 aliphatic rings. The van der Waals surface area contributed by atoms with E-state index in [-0.39, 0.29) is 0 Å². The second-order valence-corrected chi connectivity index (χ2v) is 7.53. The lowest BCUT2D eigenvalue weighted by molar-refractivity contribution is 0.173. The molecule has 0 unspecified atom stereocenters. The average molecular weight is 368 g/mol. The van der Waals surface area contributed by atoms with Crippen LogP contribution in [0.15, 0.2) is 18.2 Å². The van der Waals surface area contributed by atoms with E-state index in [4.69, 9.17) is 17.0 Å². The maximum atomic E-state index is 5.52. The molecule has 24 heavy (non-hydrogen) atoms. The van der Waals surface area contributed by atoms with Gasteiger partial charge >= 0.3 is 0 Å². The highest BCUT2D eigenvalue weighted by Gasteiger charge is 2.19. The molecule has 0 atom stereocenters. The summed E-state index contributed by atoms with van der Waals surface area (Å²) in [6.45, 7) is 8.08. The molecule has 4 nitrogen and oxygen atoms in total. The van der Waals surface area contributed by atoms with Gasteiger partial charge in [-0.2, -0.15) is 11.8 Å². The van der Waals surface area contributed by atoms with E-state index in [0.29, 0.717) is 0 Å². The number of rotatable bonds is 7. The first-order chi connectivity index (χ1) is 11.6. The Hall–Kier alpha value is -0.980. The van der Waals surface area contributed by atoms with E-state index in [1.165, 1.54) is 16.9 Å². The first-order valence-electron chi connectivity index (χ1n) is 8.51. The molecule has 0 radical (unpaired) electrons. The molecule has 0 amide bonds. The Labute approximate surface area is 155 Å². The third-order valence-electron chi connectivity index (χ3n) is 4.29. The van der Waals surface area contributed by atoms with Crippen molar-refractivity contribution in [2.45, 2.75) is 19.9 Å². The molecule has 0 aliphatic carbocycles. The summed E-state index contributed by atoms with van der Waals surface area (Å²) in [7, 11) is 1.74. The van der Waals surface area contributed by atoms with Crippen LogP contribution in [0.5, 0.6) is 5.75 Å². The quantitative estimate of drug-likeness (QED) is 0.588. The molecule has 1 aliphatic heterocycles. The van der Waals surface area contributed by atoms with E-state index in [2.05, 4.69) is 46.5 Å². The molecule has 2 rings (SSSR count). The summed E-state index contributed by atoms with van der Waals surface area (Å²) in [6.07, 6.45) is 3.30. The Morgan fingerprint density at radius 2 is 2.04 bits per heavy atom. The van der Waals surface area contributed by atoms with Crippen LogP contribution < -0.4 is 10.1 Å². The van der Waals surface area contributed by atoms with Gasteiger partial charge in [-0.15, -0.1) is 0 Å². The summed E-state index contributed by atoms with van der Waals surface area (Å²) >= 11 is 7.40. The Balaban J connectivity index is 1.78. The minimum Gasteiger partial charge on any atom is -0.496 e. The zero-order valence-electron chi connectivity index (χ0n) is 15.0. The SMILES string of the molecule is COc1ccc(C)cc1CN1CCN(C(=S)NCCCSC)CC1.